The maximum Gasteiger partial charge on any atom is 0.254 e. The van der Waals surface area contributed by atoms with Crippen molar-refractivity contribution in [3.63, 3.8) is 0 Å². The molecule has 0 unspecified atom stereocenters. The van der Waals surface area contributed by atoms with E-state index in [2.05, 4.69) is 10.6 Å². The van der Waals surface area contributed by atoms with Crippen LogP contribution in [0.3, 0.4) is 0 Å². The van der Waals surface area contributed by atoms with E-state index in [0.717, 1.165) is 17.8 Å². The Kier molecular flexibility index (Phi) is 6.45. The molecule has 0 bridgehead atoms. The Balaban J connectivity index is 1.72. The largest absolute Gasteiger partial charge is 0.373 e. The second-order valence-corrected chi connectivity index (χ2v) is 5.41. The second-order valence-electron chi connectivity index (χ2n) is 5.41. The maximum atomic E-state index is 13.5. The van der Waals surface area contributed by atoms with Gasteiger partial charge in [0.2, 0.25) is 5.91 Å². The second kappa shape index (κ2) is 8.77. The molecule has 0 fully saturated rings. The van der Waals surface area contributed by atoms with Gasteiger partial charge < -0.3 is 15.5 Å². The summed E-state index contributed by atoms with van der Waals surface area (Å²) in [5.41, 5.74) is 0.717. The molecule has 0 radical (unpaired) electrons. The number of carbonyl (C=O) groups excluding carboxylic acids is 2. The van der Waals surface area contributed by atoms with Gasteiger partial charge >= 0.3 is 0 Å². The molecule has 25 heavy (non-hydrogen) atoms. The number of nitrogens with one attached hydrogen (secondary N) is 2. The lowest BCUT2D eigenvalue weighted by Crippen LogP contribution is -2.40. The molecule has 5 nitrogen and oxygen atoms in total. The van der Waals surface area contributed by atoms with Crippen LogP contribution < -0.4 is 15.5 Å². The Morgan fingerprint density at radius 1 is 1.04 bits per heavy atom. The van der Waals surface area contributed by atoms with E-state index in [-0.39, 0.29) is 12.1 Å². The van der Waals surface area contributed by atoms with E-state index in [0.29, 0.717) is 19.2 Å². The Labute approximate surface area is 144 Å². The van der Waals surface area contributed by atoms with Gasteiger partial charge in [-0.2, -0.15) is 0 Å². The zero-order valence-electron chi connectivity index (χ0n) is 13.8. The first-order valence-electron chi connectivity index (χ1n) is 7.73. The Hall–Kier alpha value is -2.96. The average molecular weight is 347 g/mol. The fourth-order valence-electron chi connectivity index (χ4n) is 2.17. The Bertz CT molecular complexity index is 738. The minimum absolute atomic E-state index is 0.287. The van der Waals surface area contributed by atoms with Gasteiger partial charge in [0, 0.05) is 31.9 Å². The van der Waals surface area contributed by atoms with Crippen LogP contribution in [-0.4, -0.2) is 38.5 Å². The van der Waals surface area contributed by atoms with Gasteiger partial charge in [0.05, 0.1) is 12.1 Å². The molecule has 0 spiro atoms. The van der Waals surface area contributed by atoms with Crippen molar-refractivity contribution in [2.75, 3.05) is 31.6 Å². The molecule has 2 aromatic rings. The SMILES string of the molecule is CN(CCNC(=O)CNC(=O)c1ccc(F)cc1F)c1ccccc1. The number of para-hydroxylation sites is 1. The summed E-state index contributed by atoms with van der Waals surface area (Å²) in [7, 11) is 1.90. The van der Waals surface area contributed by atoms with Gasteiger partial charge in [0.15, 0.2) is 0 Å². The monoisotopic (exact) mass is 347 g/mol. The number of hydrogen-bond donors (Lipinski definition) is 2. The van der Waals surface area contributed by atoms with Crippen LogP contribution in [0.2, 0.25) is 0 Å². The molecule has 0 saturated carbocycles. The fraction of sp³-hybridized carbons (Fsp3) is 0.222. The molecular weight excluding hydrogens is 328 g/mol. The Morgan fingerprint density at radius 3 is 2.44 bits per heavy atom. The van der Waals surface area contributed by atoms with Crippen LogP contribution in [0.25, 0.3) is 0 Å². The Morgan fingerprint density at radius 2 is 1.76 bits per heavy atom. The van der Waals surface area contributed by atoms with Crippen molar-refractivity contribution in [2.45, 2.75) is 0 Å². The molecule has 0 atom stereocenters. The zero-order valence-corrected chi connectivity index (χ0v) is 13.8. The zero-order chi connectivity index (χ0) is 18.2. The first-order chi connectivity index (χ1) is 12.0. The highest BCUT2D eigenvalue weighted by molar-refractivity contribution is 5.96. The summed E-state index contributed by atoms with van der Waals surface area (Å²) < 4.78 is 26.3. The minimum atomic E-state index is -0.970. The van der Waals surface area contributed by atoms with Crippen LogP contribution in [0.5, 0.6) is 0 Å². The van der Waals surface area contributed by atoms with Gasteiger partial charge in [-0.25, -0.2) is 8.78 Å². The number of carbonyl (C=O) groups is 2. The maximum absolute atomic E-state index is 13.5. The molecular formula is C18H19F2N3O2. The minimum Gasteiger partial charge on any atom is -0.373 e. The summed E-state index contributed by atoms with van der Waals surface area (Å²) in [6.07, 6.45) is 0. The highest BCUT2D eigenvalue weighted by atomic mass is 19.1. The highest BCUT2D eigenvalue weighted by Crippen LogP contribution is 2.10. The van der Waals surface area contributed by atoms with E-state index >= 15 is 0 Å². The smallest absolute Gasteiger partial charge is 0.254 e. The molecule has 7 heteroatoms. The third-order valence-electron chi connectivity index (χ3n) is 3.55. The van der Waals surface area contributed by atoms with Crippen LogP contribution in [0.1, 0.15) is 10.4 Å². The quantitative estimate of drug-likeness (QED) is 0.805. The number of rotatable bonds is 7. The predicted octanol–water partition coefficient (Wildman–Crippen LogP) is 1.95. The molecule has 2 aromatic carbocycles. The molecule has 0 aliphatic rings. The molecule has 132 valence electrons. The van der Waals surface area contributed by atoms with Gasteiger partial charge in [0.1, 0.15) is 11.6 Å². The number of nitrogens with zero attached hydrogens (tertiary/aromatic N) is 1. The number of likely N-dealkylation sites (N-methyl/N-ethyl adjacent to an activating group) is 1. The van der Waals surface area contributed by atoms with Crippen molar-refractivity contribution in [1.82, 2.24) is 10.6 Å². The normalized spacial score (nSPS) is 10.2. The van der Waals surface area contributed by atoms with Gasteiger partial charge in [-0.3, -0.25) is 9.59 Å². The molecule has 2 rings (SSSR count). The van der Waals surface area contributed by atoms with Gasteiger partial charge in [-0.1, -0.05) is 18.2 Å². The molecule has 0 aliphatic carbocycles. The van der Waals surface area contributed by atoms with Crippen LogP contribution in [0.15, 0.2) is 48.5 Å². The lowest BCUT2D eigenvalue weighted by atomic mass is 10.2. The van der Waals surface area contributed by atoms with Crippen molar-refractivity contribution in [3.8, 4) is 0 Å². The van der Waals surface area contributed by atoms with E-state index in [1.54, 1.807) is 0 Å². The van der Waals surface area contributed by atoms with E-state index < -0.39 is 23.4 Å². The summed E-state index contributed by atoms with van der Waals surface area (Å²) in [6, 6.07) is 12.3. The molecule has 2 amide bonds. The van der Waals surface area contributed by atoms with Crippen LogP contribution in [0, 0.1) is 11.6 Å². The summed E-state index contributed by atoms with van der Waals surface area (Å²) in [6.45, 7) is 0.700. The number of hydrogen-bond acceptors (Lipinski definition) is 3. The molecule has 0 aromatic heterocycles. The predicted molar refractivity (Wildman–Crippen MR) is 91.4 cm³/mol. The third kappa shape index (κ3) is 5.56. The van der Waals surface area contributed by atoms with Crippen LogP contribution in [-0.2, 0) is 4.79 Å². The summed E-state index contributed by atoms with van der Waals surface area (Å²) in [4.78, 5) is 25.5. The summed E-state index contributed by atoms with van der Waals surface area (Å²) >= 11 is 0. The highest BCUT2D eigenvalue weighted by Gasteiger charge is 2.13. The van der Waals surface area contributed by atoms with Gasteiger partial charge in [-0.05, 0) is 24.3 Å². The molecule has 0 saturated heterocycles. The van der Waals surface area contributed by atoms with Crippen LogP contribution in [0.4, 0.5) is 14.5 Å². The van der Waals surface area contributed by atoms with Crippen molar-refractivity contribution < 1.29 is 18.4 Å². The average Bonchev–Trinajstić information content (AvgIpc) is 2.60. The first-order valence-corrected chi connectivity index (χ1v) is 7.73. The number of amides is 2. The summed E-state index contributed by atoms with van der Waals surface area (Å²) in [5.74, 6) is -2.90. The lowest BCUT2D eigenvalue weighted by Gasteiger charge is -2.19. The standard InChI is InChI=1S/C18H19F2N3O2/c1-23(14-5-3-2-4-6-14)10-9-21-17(24)12-22-18(25)15-8-7-13(19)11-16(15)20/h2-8,11H,9-10,12H2,1H3,(H,21,24)(H,22,25). The third-order valence-corrected chi connectivity index (χ3v) is 3.55. The van der Waals surface area contributed by atoms with Gasteiger partial charge in [0.25, 0.3) is 5.91 Å². The van der Waals surface area contributed by atoms with E-state index in [1.165, 1.54) is 0 Å². The summed E-state index contributed by atoms with van der Waals surface area (Å²) in [5, 5.41) is 4.97. The lowest BCUT2D eigenvalue weighted by molar-refractivity contribution is -0.120. The first kappa shape index (κ1) is 18.4. The van der Waals surface area contributed by atoms with Gasteiger partial charge in [-0.15, -0.1) is 0 Å². The van der Waals surface area contributed by atoms with E-state index in [4.69, 9.17) is 0 Å². The number of benzene rings is 2. The topological polar surface area (TPSA) is 61.4 Å². The fourth-order valence-corrected chi connectivity index (χ4v) is 2.17. The van der Waals surface area contributed by atoms with Crippen molar-refractivity contribution in [3.05, 3.63) is 65.7 Å². The number of halogens is 2. The van der Waals surface area contributed by atoms with Crippen LogP contribution >= 0.6 is 0 Å². The van der Waals surface area contributed by atoms with Crippen molar-refractivity contribution >= 4 is 17.5 Å². The molecule has 0 aliphatic heterocycles. The molecule has 0 heterocycles. The van der Waals surface area contributed by atoms with E-state index in [9.17, 15) is 18.4 Å². The van der Waals surface area contributed by atoms with Crippen molar-refractivity contribution in [2.24, 2.45) is 0 Å². The molecule has 2 N–H and O–H groups in total. The number of anilines is 1. The van der Waals surface area contributed by atoms with E-state index in [1.807, 2.05) is 42.3 Å². The van der Waals surface area contributed by atoms with Crippen molar-refractivity contribution in [1.29, 1.82) is 0 Å².